The molecule has 5 heteroatoms. The zero-order valence-electron chi connectivity index (χ0n) is 24.1. The lowest BCUT2D eigenvalue weighted by atomic mass is 9.94. The van der Waals surface area contributed by atoms with Crippen molar-refractivity contribution < 1.29 is 8.83 Å². The number of hydrogen-bond donors (Lipinski definition) is 1. The maximum Gasteiger partial charge on any atom is 0.229 e. The Kier molecular flexibility index (Phi) is 4.99. The van der Waals surface area contributed by atoms with Gasteiger partial charge in [-0.2, -0.15) is 0 Å². The van der Waals surface area contributed by atoms with E-state index in [0.29, 0.717) is 5.71 Å². The molecule has 45 heavy (non-hydrogen) atoms. The highest BCUT2D eigenvalue weighted by Crippen LogP contribution is 2.48. The fraction of sp³-hybridized carbons (Fsp3) is 0.0250. The van der Waals surface area contributed by atoms with E-state index in [1.807, 2.05) is 18.3 Å². The Balaban J connectivity index is 1.35. The van der Waals surface area contributed by atoms with E-state index in [1.54, 1.807) is 0 Å². The average molecular weight is 580 g/mol. The van der Waals surface area contributed by atoms with Crippen molar-refractivity contribution >= 4 is 94.4 Å². The lowest BCUT2D eigenvalue weighted by Gasteiger charge is -2.28. The van der Waals surface area contributed by atoms with Crippen molar-refractivity contribution in [2.45, 2.75) is 0 Å². The second-order valence-electron chi connectivity index (χ2n) is 11.6. The van der Waals surface area contributed by atoms with Crippen LogP contribution in [0.15, 0.2) is 136 Å². The molecule has 0 radical (unpaired) electrons. The SMILES string of the molecule is C1=Cc2c(oc3ccc(N(c4cc5ccc6ccccc6c5c5ccccc45)c4ccnc5oc6ccccc6c45)cc23)NC1. The van der Waals surface area contributed by atoms with Gasteiger partial charge in [-0.05, 0) is 63.3 Å². The lowest BCUT2D eigenvalue weighted by molar-refractivity contribution is 0.628. The van der Waals surface area contributed by atoms with Crippen LogP contribution in [0.5, 0.6) is 0 Å². The third-order valence-electron chi connectivity index (χ3n) is 9.10. The third kappa shape index (κ3) is 3.52. The summed E-state index contributed by atoms with van der Waals surface area (Å²) in [6.45, 7) is 0.756. The predicted octanol–water partition coefficient (Wildman–Crippen LogP) is 11.1. The van der Waals surface area contributed by atoms with Crippen LogP contribution in [0, 0.1) is 0 Å². The van der Waals surface area contributed by atoms with E-state index in [9.17, 15) is 0 Å². The van der Waals surface area contributed by atoms with Crippen molar-refractivity contribution in [3.63, 3.8) is 0 Å². The molecule has 0 amide bonds. The molecule has 212 valence electrons. The fourth-order valence-electron chi connectivity index (χ4n) is 7.14. The van der Waals surface area contributed by atoms with Gasteiger partial charge in [-0.1, -0.05) is 91.0 Å². The summed E-state index contributed by atoms with van der Waals surface area (Å²) in [5.74, 6) is 0.811. The molecule has 3 aromatic heterocycles. The van der Waals surface area contributed by atoms with Crippen LogP contribution in [0.2, 0.25) is 0 Å². The standard InChI is InChI=1S/C40H25N3O2/c1-2-9-27-24(8-1)15-16-25-22-34(28-10-3-4-11-29(28)37(25)27)43(26-17-18-36-32(23-26)30-13-7-20-41-39(30)44-36)33-19-21-42-40-38(33)31-12-5-6-14-35(31)45-40/h1-19,21-23,41H,20H2. The molecule has 0 unspecified atom stereocenters. The number of furan rings is 2. The van der Waals surface area contributed by atoms with E-state index in [0.717, 1.165) is 67.8 Å². The van der Waals surface area contributed by atoms with Crippen LogP contribution in [-0.2, 0) is 0 Å². The van der Waals surface area contributed by atoms with Gasteiger partial charge in [0, 0.05) is 40.2 Å². The summed E-state index contributed by atoms with van der Waals surface area (Å²) in [6.07, 6.45) is 6.12. The Morgan fingerprint density at radius 3 is 2.31 bits per heavy atom. The van der Waals surface area contributed by atoms with Crippen molar-refractivity contribution in [2.24, 2.45) is 0 Å². The lowest BCUT2D eigenvalue weighted by Crippen LogP contribution is -2.11. The smallest absolute Gasteiger partial charge is 0.229 e. The number of anilines is 4. The monoisotopic (exact) mass is 579 g/mol. The maximum atomic E-state index is 6.28. The number of nitrogens with zero attached hydrogens (tertiary/aromatic N) is 2. The predicted molar refractivity (Wildman–Crippen MR) is 186 cm³/mol. The summed E-state index contributed by atoms with van der Waals surface area (Å²) < 4.78 is 12.5. The molecule has 0 aliphatic carbocycles. The van der Waals surface area contributed by atoms with Crippen LogP contribution in [0.3, 0.4) is 0 Å². The van der Waals surface area contributed by atoms with E-state index in [4.69, 9.17) is 8.83 Å². The molecule has 0 saturated carbocycles. The quantitative estimate of drug-likeness (QED) is 0.211. The molecule has 0 fully saturated rings. The van der Waals surface area contributed by atoms with Gasteiger partial charge in [-0.25, -0.2) is 4.98 Å². The van der Waals surface area contributed by atoms with Crippen LogP contribution in [0.25, 0.3) is 71.4 Å². The number of pyridine rings is 1. The van der Waals surface area contributed by atoms with Crippen molar-refractivity contribution in [2.75, 3.05) is 16.8 Å². The molecule has 10 rings (SSSR count). The van der Waals surface area contributed by atoms with Gasteiger partial charge in [0.25, 0.3) is 0 Å². The normalized spacial score (nSPS) is 12.9. The number of para-hydroxylation sites is 1. The van der Waals surface area contributed by atoms with E-state index in [-0.39, 0.29) is 0 Å². The van der Waals surface area contributed by atoms with Gasteiger partial charge in [-0.3, -0.25) is 0 Å². The molecule has 0 saturated heterocycles. The summed E-state index contributed by atoms with van der Waals surface area (Å²) in [5, 5.41) is 13.8. The molecule has 9 aromatic rings. The van der Waals surface area contributed by atoms with Gasteiger partial charge in [0.15, 0.2) is 0 Å². The Labute approximate surface area is 257 Å². The molecule has 0 spiro atoms. The third-order valence-corrected chi connectivity index (χ3v) is 9.10. The van der Waals surface area contributed by atoms with Gasteiger partial charge in [0.05, 0.1) is 16.8 Å². The Morgan fingerprint density at radius 1 is 0.600 bits per heavy atom. The van der Waals surface area contributed by atoms with Gasteiger partial charge >= 0.3 is 0 Å². The van der Waals surface area contributed by atoms with E-state index in [1.165, 1.54) is 26.9 Å². The number of hydrogen-bond acceptors (Lipinski definition) is 5. The number of rotatable bonds is 3. The Bertz CT molecular complexity index is 2680. The summed E-state index contributed by atoms with van der Waals surface area (Å²) in [5.41, 5.74) is 6.46. The second-order valence-corrected chi connectivity index (χ2v) is 11.6. The van der Waals surface area contributed by atoms with Gasteiger partial charge in [0.2, 0.25) is 11.6 Å². The van der Waals surface area contributed by atoms with Crippen molar-refractivity contribution in [1.82, 2.24) is 4.98 Å². The summed E-state index contributed by atoms with van der Waals surface area (Å²) in [4.78, 5) is 7.03. The van der Waals surface area contributed by atoms with Gasteiger partial charge < -0.3 is 19.1 Å². The Morgan fingerprint density at radius 2 is 1.38 bits per heavy atom. The van der Waals surface area contributed by atoms with Crippen LogP contribution in [0.4, 0.5) is 22.9 Å². The summed E-state index contributed by atoms with van der Waals surface area (Å²) >= 11 is 0. The number of nitrogens with one attached hydrogen (secondary N) is 1. The first-order valence-corrected chi connectivity index (χ1v) is 15.2. The minimum Gasteiger partial charge on any atom is -0.440 e. The number of benzene rings is 6. The first-order chi connectivity index (χ1) is 22.3. The van der Waals surface area contributed by atoms with Crippen molar-refractivity contribution in [1.29, 1.82) is 0 Å². The second kappa shape index (κ2) is 9.21. The molecular weight excluding hydrogens is 554 g/mol. The molecule has 1 aliphatic rings. The van der Waals surface area contributed by atoms with Gasteiger partial charge in [-0.15, -0.1) is 0 Å². The highest BCUT2D eigenvalue weighted by Gasteiger charge is 2.24. The first kappa shape index (κ1) is 24.4. The zero-order valence-corrected chi connectivity index (χ0v) is 24.1. The summed E-state index contributed by atoms with van der Waals surface area (Å²) in [6, 6.07) is 40.9. The van der Waals surface area contributed by atoms with Crippen LogP contribution in [0.1, 0.15) is 5.56 Å². The largest absolute Gasteiger partial charge is 0.440 e. The van der Waals surface area contributed by atoms with Crippen LogP contribution >= 0.6 is 0 Å². The minimum atomic E-state index is 0.615. The van der Waals surface area contributed by atoms with Crippen LogP contribution in [-0.4, -0.2) is 11.5 Å². The van der Waals surface area contributed by atoms with Crippen molar-refractivity contribution in [3.05, 3.63) is 133 Å². The number of fused-ring (bicyclic) bond motifs is 11. The molecule has 4 heterocycles. The first-order valence-electron chi connectivity index (χ1n) is 15.2. The number of aromatic nitrogens is 1. The molecule has 6 aromatic carbocycles. The van der Waals surface area contributed by atoms with Crippen LogP contribution < -0.4 is 10.2 Å². The molecule has 0 atom stereocenters. The zero-order chi connectivity index (χ0) is 29.5. The van der Waals surface area contributed by atoms with E-state index >= 15 is 0 Å². The molecule has 1 aliphatic heterocycles. The van der Waals surface area contributed by atoms with Crippen molar-refractivity contribution in [3.8, 4) is 0 Å². The van der Waals surface area contributed by atoms with Gasteiger partial charge in [0.1, 0.15) is 11.2 Å². The fourth-order valence-corrected chi connectivity index (χ4v) is 7.14. The highest BCUT2D eigenvalue weighted by molar-refractivity contribution is 6.24. The average Bonchev–Trinajstić information content (AvgIpc) is 3.67. The summed E-state index contributed by atoms with van der Waals surface area (Å²) in [7, 11) is 0. The Hall–Kier alpha value is -6.07. The van der Waals surface area contributed by atoms with E-state index in [2.05, 4.69) is 130 Å². The molecular formula is C40H25N3O2. The highest BCUT2D eigenvalue weighted by atomic mass is 16.4. The molecule has 0 bridgehead atoms. The molecule has 1 N–H and O–H groups in total. The topological polar surface area (TPSA) is 54.4 Å². The van der Waals surface area contributed by atoms with E-state index < -0.39 is 0 Å². The maximum absolute atomic E-state index is 6.28. The minimum absolute atomic E-state index is 0.615. The molecule has 5 nitrogen and oxygen atoms in total.